The van der Waals surface area contributed by atoms with E-state index in [2.05, 4.69) is 0 Å². The van der Waals surface area contributed by atoms with Gasteiger partial charge in [-0.15, -0.1) is 0 Å². The van der Waals surface area contributed by atoms with Gasteiger partial charge in [0, 0.05) is 0 Å². The van der Waals surface area contributed by atoms with Crippen LogP contribution in [0.1, 0.15) is 33.6 Å². The number of nitriles is 1. The summed E-state index contributed by atoms with van der Waals surface area (Å²) in [6, 6.07) is 0.929. The Morgan fingerprint density at radius 1 is 1.56 bits per heavy atom. The molecule has 0 saturated carbocycles. The second-order valence-electron chi connectivity index (χ2n) is 4.92. The Hall–Kier alpha value is -1.31. The number of hydrogen-bond donors (Lipinski definition) is 0. The third-order valence-corrected chi connectivity index (χ3v) is 2.43. The van der Waals surface area contributed by atoms with Crippen LogP contribution in [0, 0.1) is 11.3 Å². The van der Waals surface area contributed by atoms with Crippen molar-refractivity contribution in [3.05, 3.63) is 0 Å². The third kappa shape index (κ3) is 2.84. The quantitative estimate of drug-likeness (QED) is 0.691. The van der Waals surface area contributed by atoms with Crippen LogP contribution in [-0.2, 0) is 4.74 Å². The molecule has 0 aromatic carbocycles. The summed E-state index contributed by atoms with van der Waals surface area (Å²) in [4.78, 5) is 13.0. The molecule has 1 aliphatic heterocycles. The van der Waals surface area contributed by atoms with Crippen molar-refractivity contribution in [1.29, 1.82) is 5.26 Å². The molecule has 1 rings (SSSR count). The van der Waals surface area contributed by atoms with E-state index in [0.29, 0.717) is 12.8 Å². The zero-order chi connectivity index (χ0) is 12.3. The SMILES string of the molecule is CC(C)(C)OC(=O)N1[C@@H](CF)CC[C@@H]1C#N. The lowest BCUT2D eigenvalue weighted by Gasteiger charge is -2.29. The van der Waals surface area contributed by atoms with Crippen LogP contribution in [0.4, 0.5) is 9.18 Å². The van der Waals surface area contributed by atoms with Gasteiger partial charge < -0.3 is 4.74 Å². The maximum atomic E-state index is 12.7. The van der Waals surface area contributed by atoms with Gasteiger partial charge >= 0.3 is 6.09 Å². The maximum absolute atomic E-state index is 12.7. The highest BCUT2D eigenvalue weighted by molar-refractivity contribution is 5.70. The molecule has 0 bridgehead atoms. The van der Waals surface area contributed by atoms with E-state index in [0.717, 1.165) is 0 Å². The molecular formula is C11H17FN2O2. The number of ether oxygens (including phenoxy) is 1. The number of carbonyl (C=O) groups is 1. The van der Waals surface area contributed by atoms with Gasteiger partial charge in [0.15, 0.2) is 0 Å². The lowest BCUT2D eigenvalue weighted by molar-refractivity contribution is 0.0165. The molecule has 0 N–H and O–H groups in total. The predicted octanol–water partition coefficient (Wildman–Crippen LogP) is 2.25. The van der Waals surface area contributed by atoms with Crippen molar-refractivity contribution in [2.45, 2.75) is 51.3 Å². The Morgan fingerprint density at radius 3 is 2.62 bits per heavy atom. The van der Waals surface area contributed by atoms with Crippen molar-refractivity contribution < 1.29 is 13.9 Å². The zero-order valence-corrected chi connectivity index (χ0v) is 9.86. The number of rotatable bonds is 1. The topological polar surface area (TPSA) is 53.3 Å². The van der Waals surface area contributed by atoms with E-state index in [9.17, 15) is 9.18 Å². The Kier molecular flexibility index (Phi) is 3.74. The first-order chi connectivity index (χ1) is 7.39. The van der Waals surface area contributed by atoms with Crippen molar-refractivity contribution >= 4 is 6.09 Å². The molecule has 0 spiro atoms. The van der Waals surface area contributed by atoms with Crippen LogP contribution in [0.3, 0.4) is 0 Å². The average Bonchev–Trinajstić information content (AvgIpc) is 2.57. The molecule has 0 aliphatic carbocycles. The zero-order valence-electron chi connectivity index (χ0n) is 9.86. The van der Waals surface area contributed by atoms with E-state index in [1.54, 1.807) is 20.8 Å². The number of nitrogens with zero attached hydrogens (tertiary/aromatic N) is 2. The first-order valence-corrected chi connectivity index (χ1v) is 5.36. The summed E-state index contributed by atoms with van der Waals surface area (Å²) >= 11 is 0. The van der Waals surface area contributed by atoms with Crippen molar-refractivity contribution in [3.63, 3.8) is 0 Å². The van der Waals surface area contributed by atoms with Crippen molar-refractivity contribution in [1.82, 2.24) is 4.90 Å². The summed E-state index contributed by atoms with van der Waals surface area (Å²) in [7, 11) is 0. The first-order valence-electron chi connectivity index (χ1n) is 5.36. The number of halogens is 1. The first kappa shape index (κ1) is 12.8. The lowest BCUT2D eigenvalue weighted by Crippen LogP contribution is -2.44. The summed E-state index contributed by atoms with van der Waals surface area (Å²) in [6.07, 6.45) is 0.442. The molecule has 0 aromatic rings. The average molecular weight is 228 g/mol. The lowest BCUT2D eigenvalue weighted by atomic mass is 10.2. The highest BCUT2D eigenvalue weighted by atomic mass is 19.1. The minimum Gasteiger partial charge on any atom is -0.444 e. The van der Waals surface area contributed by atoms with Gasteiger partial charge in [0.25, 0.3) is 0 Å². The van der Waals surface area contributed by atoms with E-state index in [-0.39, 0.29) is 0 Å². The molecule has 90 valence electrons. The van der Waals surface area contributed by atoms with Crippen molar-refractivity contribution in [3.8, 4) is 6.07 Å². The Morgan fingerprint density at radius 2 is 2.19 bits per heavy atom. The monoisotopic (exact) mass is 228 g/mol. The van der Waals surface area contributed by atoms with Crippen LogP contribution in [0.25, 0.3) is 0 Å². The molecule has 1 amide bonds. The molecule has 0 unspecified atom stereocenters. The van der Waals surface area contributed by atoms with E-state index in [1.807, 2.05) is 6.07 Å². The second-order valence-corrected chi connectivity index (χ2v) is 4.92. The molecule has 5 heteroatoms. The standard InChI is InChI=1S/C11H17FN2O2/c1-11(2,3)16-10(15)14-8(6-12)4-5-9(14)7-13/h8-9H,4-6H2,1-3H3/t8-,9-/m1/s1. The summed E-state index contributed by atoms with van der Waals surface area (Å²) in [5, 5.41) is 8.88. The minimum absolute atomic E-state index is 0.514. The minimum atomic E-state index is -0.628. The molecular weight excluding hydrogens is 211 g/mol. The maximum Gasteiger partial charge on any atom is 0.411 e. The number of hydrogen-bond acceptors (Lipinski definition) is 3. The van der Waals surface area contributed by atoms with Gasteiger partial charge in [-0.1, -0.05) is 0 Å². The van der Waals surface area contributed by atoms with Crippen LogP contribution >= 0.6 is 0 Å². The summed E-state index contributed by atoms with van der Waals surface area (Å²) in [5.74, 6) is 0. The molecule has 2 atom stereocenters. The van der Waals surface area contributed by atoms with Crippen molar-refractivity contribution in [2.24, 2.45) is 0 Å². The molecule has 1 saturated heterocycles. The number of alkyl halides is 1. The van der Waals surface area contributed by atoms with Crippen molar-refractivity contribution in [2.75, 3.05) is 6.67 Å². The van der Waals surface area contributed by atoms with Crippen LogP contribution < -0.4 is 0 Å². The fourth-order valence-electron chi connectivity index (χ4n) is 1.75. The third-order valence-electron chi connectivity index (χ3n) is 2.43. The molecule has 1 heterocycles. The molecule has 16 heavy (non-hydrogen) atoms. The highest BCUT2D eigenvalue weighted by Crippen LogP contribution is 2.26. The summed E-state index contributed by atoms with van der Waals surface area (Å²) in [5.41, 5.74) is -0.624. The second kappa shape index (κ2) is 4.69. The molecule has 1 aliphatic rings. The Balaban J connectivity index is 2.75. The Labute approximate surface area is 95.0 Å². The largest absolute Gasteiger partial charge is 0.444 e. The summed E-state index contributed by atoms with van der Waals surface area (Å²) < 4.78 is 17.8. The number of carbonyl (C=O) groups excluding carboxylic acids is 1. The number of amides is 1. The molecule has 0 aromatic heterocycles. The van der Waals surface area contributed by atoms with Gasteiger partial charge in [0.1, 0.15) is 18.3 Å². The van der Waals surface area contributed by atoms with Crippen LogP contribution in [-0.4, -0.2) is 35.4 Å². The van der Waals surface area contributed by atoms with Gasteiger partial charge in [0.05, 0.1) is 12.1 Å². The van der Waals surface area contributed by atoms with Crippen LogP contribution in [0.15, 0.2) is 0 Å². The van der Waals surface area contributed by atoms with Gasteiger partial charge in [0.2, 0.25) is 0 Å². The highest BCUT2D eigenvalue weighted by Gasteiger charge is 2.39. The Bertz CT molecular complexity index is 306. The molecule has 0 radical (unpaired) electrons. The van der Waals surface area contributed by atoms with Gasteiger partial charge in [-0.2, -0.15) is 5.26 Å². The van der Waals surface area contributed by atoms with Crippen LogP contribution in [0.2, 0.25) is 0 Å². The number of likely N-dealkylation sites (tertiary alicyclic amines) is 1. The van der Waals surface area contributed by atoms with Gasteiger partial charge in [-0.05, 0) is 33.6 Å². The molecule has 1 fully saturated rings. The van der Waals surface area contributed by atoms with Crippen LogP contribution in [0.5, 0.6) is 0 Å². The predicted molar refractivity (Wildman–Crippen MR) is 56.5 cm³/mol. The van der Waals surface area contributed by atoms with E-state index >= 15 is 0 Å². The van der Waals surface area contributed by atoms with E-state index in [4.69, 9.17) is 10.00 Å². The van der Waals surface area contributed by atoms with Gasteiger partial charge in [-0.25, -0.2) is 9.18 Å². The van der Waals surface area contributed by atoms with E-state index in [1.165, 1.54) is 4.90 Å². The fraction of sp³-hybridized carbons (Fsp3) is 0.818. The van der Waals surface area contributed by atoms with Gasteiger partial charge in [-0.3, -0.25) is 4.90 Å². The fourth-order valence-corrected chi connectivity index (χ4v) is 1.75. The normalized spacial score (nSPS) is 25.3. The molecule has 4 nitrogen and oxygen atoms in total. The van der Waals surface area contributed by atoms with E-state index < -0.39 is 30.5 Å². The smallest absolute Gasteiger partial charge is 0.411 e. The summed E-state index contributed by atoms with van der Waals surface area (Å²) in [6.45, 7) is 4.60.